The number of nitrogens with zero attached hydrogens (tertiary/aromatic N) is 3. The normalized spacial score (nSPS) is 19.1. The average Bonchev–Trinajstić information content (AvgIpc) is 3.13. The number of amides is 2. The molecule has 1 N–H and O–H groups in total. The van der Waals surface area contributed by atoms with E-state index >= 15 is 0 Å². The number of rotatable bonds is 6. The number of hydrogen-bond acceptors (Lipinski definition) is 4. The van der Waals surface area contributed by atoms with Gasteiger partial charge < -0.3 is 10.2 Å². The number of fused-ring (bicyclic) bond motifs is 1. The van der Waals surface area contributed by atoms with Gasteiger partial charge in [-0.2, -0.15) is 0 Å². The first-order chi connectivity index (χ1) is 13.7. The third kappa shape index (κ3) is 4.57. The quantitative estimate of drug-likeness (QED) is 0.832. The molecular weight excluding hydrogens is 352 g/mol. The van der Waals surface area contributed by atoms with Crippen molar-refractivity contribution in [1.29, 1.82) is 0 Å². The van der Waals surface area contributed by atoms with Gasteiger partial charge in [0.1, 0.15) is 0 Å². The van der Waals surface area contributed by atoms with Crippen molar-refractivity contribution in [2.24, 2.45) is 0 Å². The molecular formula is C22H26N4O2. The Bertz CT molecular complexity index is 839. The van der Waals surface area contributed by atoms with E-state index in [-0.39, 0.29) is 17.9 Å². The van der Waals surface area contributed by atoms with Crippen LogP contribution in [0.15, 0.2) is 48.8 Å². The highest BCUT2D eigenvalue weighted by Gasteiger charge is 2.27. The molecule has 2 amide bonds. The minimum Gasteiger partial charge on any atom is -0.352 e. The number of pyridine rings is 1. The van der Waals surface area contributed by atoms with Crippen LogP contribution in [0.2, 0.25) is 0 Å². The molecule has 3 heterocycles. The molecule has 2 aliphatic rings. The van der Waals surface area contributed by atoms with E-state index < -0.39 is 0 Å². The fourth-order valence-electron chi connectivity index (χ4n) is 4.02. The number of carbonyl (C=O) groups excluding carboxylic acids is 2. The standard InChI is InChI=1S/C22H26N4O2/c27-21-6-5-20(24-21)15-26(13-17-7-10-23-11-8-17)22(28)16-25-12-9-18-3-1-2-4-19(18)14-25/h1-4,7-8,10-11,20H,5-6,9,12-16H2,(H,24,27)/t20-/m0/s1. The van der Waals surface area contributed by atoms with Crippen molar-refractivity contribution in [3.63, 3.8) is 0 Å². The summed E-state index contributed by atoms with van der Waals surface area (Å²) in [5, 5.41) is 2.98. The number of carbonyl (C=O) groups is 2. The number of aromatic nitrogens is 1. The third-order valence-electron chi connectivity index (χ3n) is 5.57. The average molecular weight is 378 g/mol. The zero-order valence-corrected chi connectivity index (χ0v) is 16.0. The van der Waals surface area contributed by atoms with Crippen LogP contribution in [0, 0.1) is 0 Å². The molecule has 1 fully saturated rings. The Morgan fingerprint density at radius 2 is 1.93 bits per heavy atom. The van der Waals surface area contributed by atoms with Crippen LogP contribution in [0.5, 0.6) is 0 Å². The van der Waals surface area contributed by atoms with E-state index in [1.165, 1.54) is 11.1 Å². The monoisotopic (exact) mass is 378 g/mol. The van der Waals surface area contributed by atoms with E-state index in [4.69, 9.17) is 0 Å². The zero-order chi connectivity index (χ0) is 19.3. The minimum absolute atomic E-state index is 0.0420. The lowest BCUT2D eigenvalue weighted by atomic mass is 10.00. The van der Waals surface area contributed by atoms with E-state index in [2.05, 4.69) is 39.5 Å². The maximum absolute atomic E-state index is 13.2. The van der Waals surface area contributed by atoms with E-state index in [1.807, 2.05) is 17.0 Å². The molecule has 0 radical (unpaired) electrons. The van der Waals surface area contributed by atoms with Crippen LogP contribution in [-0.4, -0.2) is 52.3 Å². The summed E-state index contributed by atoms with van der Waals surface area (Å²) >= 11 is 0. The second-order valence-electron chi connectivity index (χ2n) is 7.66. The minimum atomic E-state index is 0.0420. The molecule has 28 heavy (non-hydrogen) atoms. The van der Waals surface area contributed by atoms with Gasteiger partial charge in [-0.15, -0.1) is 0 Å². The summed E-state index contributed by atoms with van der Waals surface area (Å²) in [7, 11) is 0. The summed E-state index contributed by atoms with van der Waals surface area (Å²) in [6.45, 7) is 3.20. The largest absolute Gasteiger partial charge is 0.352 e. The van der Waals surface area contributed by atoms with Gasteiger partial charge in [0.05, 0.1) is 6.54 Å². The van der Waals surface area contributed by atoms with Gasteiger partial charge in [-0.1, -0.05) is 24.3 Å². The topological polar surface area (TPSA) is 65.5 Å². The van der Waals surface area contributed by atoms with E-state index in [0.717, 1.165) is 31.5 Å². The molecule has 0 saturated carbocycles. The second kappa shape index (κ2) is 8.52. The molecule has 0 bridgehead atoms. The van der Waals surface area contributed by atoms with E-state index in [1.54, 1.807) is 12.4 Å². The Balaban J connectivity index is 1.42. The Hall–Kier alpha value is -2.73. The van der Waals surface area contributed by atoms with Gasteiger partial charge >= 0.3 is 0 Å². The smallest absolute Gasteiger partial charge is 0.237 e. The lowest BCUT2D eigenvalue weighted by molar-refractivity contribution is -0.134. The summed E-state index contributed by atoms with van der Waals surface area (Å²) in [6, 6.07) is 12.4. The Morgan fingerprint density at radius 3 is 2.68 bits per heavy atom. The first-order valence-corrected chi connectivity index (χ1v) is 9.92. The lowest BCUT2D eigenvalue weighted by Crippen LogP contribution is -2.46. The predicted octanol–water partition coefficient (Wildman–Crippen LogP) is 1.75. The maximum Gasteiger partial charge on any atom is 0.237 e. The van der Waals surface area contributed by atoms with Crippen molar-refractivity contribution in [2.75, 3.05) is 19.6 Å². The van der Waals surface area contributed by atoms with Gasteiger partial charge in [0, 0.05) is 51.0 Å². The highest BCUT2D eigenvalue weighted by molar-refractivity contribution is 5.80. The van der Waals surface area contributed by atoms with Gasteiger partial charge in [-0.25, -0.2) is 0 Å². The van der Waals surface area contributed by atoms with Crippen molar-refractivity contribution in [3.8, 4) is 0 Å². The molecule has 0 aliphatic carbocycles. The van der Waals surface area contributed by atoms with Crippen molar-refractivity contribution in [3.05, 3.63) is 65.5 Å². The molecule has 2 aromatic rings. The van der Waals surface area contributed by atoms with Crippen molar-refractivity contribution < 1.29 is 9.59 Å². The molecule has 1 aromatic carbocycles. The molecule has 0 spiro atoms. The Labute approximate surface area is 165 Å². The predicted molar refractivity (Wildman–Crippen MR) is 106 cm³/mol. The summed E-state index contributed by atoms with van der Waals surface area (Å²) in [6.07, 6.45) is 5.81. The van der Waals surface area contributed by atoms with Crippen LogP contribution in [-0.2, 0) is 29.1 Å². The fraction of sp³-hybridized carbons (Fsp3) is 0.409. The first-order valence-electron chi connectivity index (χ1n) is 9.92. The molecule has 0 unspecified atom stereocenters. The van der Waals surface area contributed by atoms with Gasteiger partial charge in [0.15, 0.2) is 0 Å². The number of nitrogens with one attached hydrogen (secondary N) is 1. The molecule has 6 heteroatoms. The molecule has 146 valence electrons. The molecule has 1 aromatic heterocycles. The first kappa shape index (κ1) is 18.6. The van der Waals surface area contributed by atoms with Gasteiger partial charge in [0.25, 0.3) is 0 Å². The summed E-state index contributed by atoms with van der Waals surface area (Å²) in [5.41, 5.74) is 3.75. The Kier molecular flexibility index (Phi) is 5.67. The van der Waals surface area contributed by atoms with Crippen LogP contribution in [0.1, 0.15) is 29.5 Å². The van der Waals surface area contributed by atoms with Gasteiger partial charge in [0.2, 0.25) is 11.8 Å². The van der Waals surface area contributed by atoms with Crippen LogP contribution in [0.25, 0.3) is 0 Å². The molecule has 2 aliphatic heterocycles. The highest BCUT2D eigenvalue weighted by Crippen LogP contribution is 2.19. The SMILES string of the molecule is O=C1CC[C@@H](CN(Cc2ccncc2)C(=O)CN2CCc3ccccc3C2)N1. The van der Waals surface area contributed by atoms with Crippen LogP contribution in [0.3, 0.4) is 0 Å². The van der Waals surface area contributed by atoms with Crippen LogP contribution >= 0.6 is 0 Å². The lowest BCUT2D eigenvalue weighted by Gasteiger charge is -2.32. The Morgan fingerprint density at radius 1 is 1.14 bits per heavy atom. The number of hydrogen-bond donors (Lipinski definition) is 1. The molecule has 1 atom stereocenters. The van der Waals surface area contributed by atoms with Crippen LogP contribution in [0.4, 0.5) is 0 Å². The third-order valence-corrected chi connectivity index (χ3v) is 5.57. The molecule has 6 nitrogen and oxygen atoms in total. The highest BCUT2D eigenvalue weighted by atomic mass is 16.2. The zero-order valence-electron chi connectivity index (χ0n) is 16.0. The summed E-state index contributed by atoms with van der Waals surface area (Å²) in [4.78, 5) is 32.9. The van der Waals surface area contributed by atoms with E-state index in [9.17, 15) is 9.59 Å². The number of benzene rings is 1. The van der Waals surface area contributed by atoms with Crippen molar-refractivity contribution >= 4 is 11.8 Å². The molecule has 4 rings (SSSR count). The maximum atomic E-state index is 13.2. The molecule has 1 saturated heterocycles. The second-order valence-corrected chi connectivity index (χ2v) is 7.66. The van der Waals surface area contributed by atoms with Crippen molar-refractivity contribution in [2.45, 2.75) is 38.4 Å². The van der Waals surface area contributed by atoms with Gasteiger partial charge in [-0.3, -0.25) is 19.5 Å². The van der Waals surface area contributed by atoms with Gasteiger partial charge in [-0.05, 0) is 41.7 Å². The van der Waals surface area contributed by atoms with E-state index in [0.29, 0.717) is 26.1 Å². The van der Waals surface area contributed by atoms with Crippen molar-refractivity contribution in [1.82, 2.24) is 20.1 Å². The van der Waals surface area contributed by atoms with Crippen LogP contribution < -0.4 is 5.32 Å². The summed E-state index contributed by atoms with van der Waals surface area (Å²) < 4.78 is 0. The fourth-order valence-corrected chi connectivity index (χ4v) is 4.02. The summed E-state index contributed by atoms with van der Waals surface area (Å²) in [5.74, 6) is 0.186.